The number of rotatable bonds is 4. The molecule has 0 bridgehead atoms. The van der Waals surface area contributed by atoms with E-state index in [9.17, 15) is 13.2 Å². The maximum atomic E-state index is 13.2. The number of hydrogen-bond donors (Lipinski definition) is 1. The van der Waals surface area contributed by atoms with E-state index in [4.69, 9.17) is 4.52 Å². The highest BCUT2D eigenvalue weighted by atomic mass is 32.2. The Bertz CT molecular complexity index is 738. The van der Waals surface area contributed by atoms with Crippen molar-refractivity contribution in [1.29, 1.82) is 0 Å². The lowest BCUT2D eigenvalue weighted by atomic mass is 9.67. The summed E-state index contributed by atoms with van der Waals surface area (Å²) in [7, 11) is -3.26. The average Bonchev–Trinajstić information content (AvgIpc) is 2.90. The number of hydrogen-bond acceptors (Lipinski definition) is 5. The molecule has 1 aliphatic carbocycles. The number of fused-ring (bicyclic) bond motifs is 1. The number of nitrogens with zero attached hydrogens (tertiary/aromatic N) is 2. The summed E-state index contributed by atoms with van der Waals surface area (Å²) in [6, 6.07) is -0.227. The largest absolute Gasteiger partial charge is 0.361 e. The zero-order valence-electron chi connectivity index (χ0n) is 15.2. The van der Waals surface area contributed by atoms with Crippen LogP contribution in [0.2, 0.25) is 0 Å². The SMILES string of the molecule is CCN1[C@@H]2CCCC[C@@]2(C(=O)NCc2c(C)noc2C)CCS1(=O)=O. The van der Waals surface area contributed by atoms with Gasteiger partial charge in [0.25, 0.3) is 0 Å². The van der Waals surface area contributed by atoms with Gasteiger partial charge < -0.3 is 9.84 Å². The molecule has 25 heavy (non-hydrogen) atoms. The van der Waals surface area contributed by atoms with Crippen LogP contribution in [0.15, 0.2) is 4.52 Å². The summed E-state index contributed by atoms with van der Waals surface area (Å²) < 4.78 is 31.6. The van der Waals surface area contributed by atoms with E-state index in [0.29, 0.717) is 25.3 Å². The summed E-state index contributed by atoms with van der Waals surface area (Å²) in [6.07, 6.45) is 3.84. The quantitative estimate of drug-likeness (QED) is 0.875. The van der Waals surface area contributed by atoms with Gasteiger partial charge in [-0.1, -0.05) is 24.9 Å². The molecule has 2 fully saturated rings. The lowest BCUT2D eigenvalue weighted by molar-refractivity contribution is -0.137. The van der Waals surface area contributed by atoms with E-state index >= 15 is 0 Å². The Hall–Kier alpha value is -1.41. The molecule has 8 heteroatoms. The molecular formula is C17H27N3O4S. The highest BCUT2D eigenvalue weighted by Gasteiger charge is 2.54. The minimum absolute atomic E-state index is 0.0365. The third-order valence-electron chi connectivity index (χ3n) is 5.87. The first-order valence-corrected chi connectivity index (χ1v) is 10.6. The Morgan fingerprint density at radius 2 is 2.12 bits per heavy atom. The van der Waals surface area contributed by atoms with Gasteiger partial charge in [-0.3, -0.25) is 4.79 Å². The van der Waals surface area contributed by atoms with Crippen LogP contribution in [0, 0.1) is 19.3 Å². The van der Waals surface area contributed by atoms with Gasteiger partial charge >= 0.3 is 0 Å². The highest BCUT2D eigenvalue weighted by Crippen LogP contribution is 2.46. The minimum atomic E-state index is -3.26. The number of carbonyl (C=O) groups is 1. The van der Waals surface area contributed by atoms with E-state index in [-0.39, 0.29) is 17.7 Å². The molecule has 1 saturated heterocycles. The molecule has 1 aromatic rings. The van der Waals surface area contributed by atoms with Crippen LogP contribution in [0.1, 0.15) is 56.0 Å². The number of sulfonamides is 1. The fourth-order valence-corrected chi connectivity index (χ4v) is 6.39. The predicted molar refractivity (Wildman–Crippen MR) is 93.3 cm³/mol. The maximum Gasteiger partial charge on any atom is 0.228 e. The van der Waals surface area contributed by atoms with Crippen LogP contribution in [-0.4, -0.2) is 42.1 Å². The van der Waals surface area contributed by atoms with Gasteiger partial charge in [0.15, 0.2) is 0 Å². The molecule has 2 atom stereocenters. The van der Waals surface area contributed by atoms with Gasteiger partial charge in [-0.15, -0.1) is 0 Å². The van der Waals surface area contributed by atoms with Crippen molar-refractivity contribution >= 4 is 15.9 Å². The summed E-state index contributed by atoms with van der Waals surface area (Å²) in [5.41, 5.74) is 1.06. The normalized spacial score (nSPS) is 29.2. The van der Waals surface area contributed by atoms with Crippen molar-refractivity contribution in [2.75, 3.05) is 12.3 Å². The zero-order valence-corrected chi connectivity index (χ0v) is 16.0. The van der Waals surface area contributed by atoms with Crippen molar-refractivity contribution in [2.45, 2.75) is 65.5 Å². The molecule has 140 valence electrons. The second kappa shape index (κ2) is 6.72. The van der Waals surface area contributed by atoms with Crippen LogP contribution in [0.4, 0.5) is 0 Å². The van der Waals surface area contributed by atoms with Crippen molar-refractivity contribution in [3.63, 3.8) is 0 Å². The zero-order chi connectivity index (χ0) is 18.2. The number of carbonyl (C=O) groups excluding carboxylic acids is 1. The van der Waals surface area contributed by atoms with Gasteiger partial charge in [-0.2, -0.15) is 4.31 Å². The molecule has 3 rings (SSSR count). The van der Waals surface area contributed by atoms with Crippen LogP contribution in [-0.2, 0) is 21.4 Å². The van der Waals surface area contributed by atoms with Gasteiger partial charge in [-0.25, -0.2) is 8.42 Å². The monoisotopic (exact) mass is 369 g/mol. The summed E-state index contributed by atoms with van der Waals surface area (Å²) >= 11 is 0. The van der Waals surface area contributed by atoms with Crippen molar-refractivity contribution in [3.05, 3.63) is 17.0 Å². The number of aryl methyl sites for hydroxylation is 2. The van der Waals surface area contributed by atoms with Gasteiger partial charge in [0.05, 0.1) is 16.9 Å². The van der Waals surface area contributed by atoms with Gasteiger partial charge in [0.1, 0.15) is 5.76 Å². The van der Waals surface area contributed by atoms with Crippen molar-refractivity contribution in [3.8, 4) is 0 Å². The second-order valence-corrected chi connectivity index (χ2v) is 9.21. The topological polar surface area (TPSA) is 92.5 Å². The molecule has 1 N–H and O–H groups in total. The van der Waals surface area contributed by atoms with E-state index in [0.717, 1.165) is 36.9 Å². The second-order valence-electron chi connectivity index (χ2n) is 7.17. The molecule has 0 spiro atoms. The fraction of sp³-hybridized carbons (Fsp3) is 0.765. The maximum absolute atomic E-state index is 13.2. The standard InChI is InChI=1S/C17H27N3O4S/c1-4-20-15-7-5-6-8-17(15,9-10-25(20,22)23)16(21)18-11-14-12(2)19-24-13(14)3/h15H,4-11H2,1-3H3,(H,18,21)/t15-,17-/m1/s1. The number of amides is 1. The van der Waals surface area contributed by atoms with E-state index in [1.54, 1.807) is 4.31 Å². The van der Waals surface area contributed by atoms with Crippen molar-refractivity contribution < 1.29 is 17.7 Å². The van der Waals surface area contributed by atoms with E-state index in [1.807, 2.05) is 20.8 Å². The first-order valence-electron chi connectivity index (χ1n) is 9.01. The molecule has 1 saturated carbocycles. The number of aromatic nitrogens is 1. The molecule has 2 heterocycles. The smallest absolute Gasteiger partial charge is 0.228 e. The Balaban J connectivity index is 1.83. The lowest BCUT2D eigenvalue weighted by Crippen LogP contribution is -2.62. The summed E-state index contributed by atoms with van der Waals surface area (Å²) in [6.45, 7) is 6.32. The summed E-state index contributed by atoms with van der Waals surface area (Å²) in [5.74, 6) is 0.721. The molecule has 7 nitrogen and oxygen atoms in total. The first kappa shape index (κ1) is 18.4. The minimum Gasteiger partial charge on any atom is -0.361 e. The highest BCUT2D eigenvalue weighted by molar-refractivity contribution is 7.89. The van der Waals surface area contributed by atoms with Crippen molar-refractivity contribution in [2.24, 2.45) is 5.41 Å². The molecule has 1 amide bonds. The van der Waals surface area contributed by atoms with Gasteiger partial charge in [0.2, 0.25) is 15.9 Å². The Morgan fingerprint density at radius 1 is 1.36 bits per heavy atom. The molecule has 1 aromatic heterocycles. The number of nitrogens with one attached hydrogen (secondary N) is 1. The van der Waals surface area contributed by atoms with E-state index in [2.05, 4.69) is 10.5 Å². The van der Waals surface area contributed by atoms with Crippen LogP contribution in [0.25, 0.3) is 0 Å². The van der Waals surface area contributed by atoms with Crippen LogP contribution in [0.5, 0.6) is 0 Å². The van der Waals surface area contributed by atoms with Gasteiger partial charge in [0, 0.05) is 24.7 Å². The van der Waals surface area contributed by atoms with Crippen LogP contribution >= 0.6 is 0 Å². The predicted octanol–water partition coefficient (Wildman–Crippen LogP) is 1.89. The molecule has 0 unspecified atom stereocenters. The molecule has 1 aliphatic heterocycles. The van der Waals surface area contributed by atoms with Gasteiger partial charge in [-0.05, 0) is 33.1 Å². The molecule has 0 aromatic carbocycles. The molecular weight excluding hydrogens is 342 g/mol. The van der Waals surface area contributed by atoms with E-state index in [1.165, 1.54) is 0 Å². The molecule has 2 aliphatic rings. The third-order valence-corrected chi connectivity index (χ3v) is 7.82. The summed E-state index contributed by atoms with van der Waals surface area (Å²) in [4.78, 5) is 13.2. The van der Waals surface area contributed by atoms with Crippen LogP contribution in [0.3, 0.4) is 0 Å². The van der Waals surface area contributed by atoms with Crippen LogP contribution < -0.4 is 5.32 Å². The fourth-order valence-electron chi connectivity index (χ4n) is 4.45. The molecule has 0 radical (unpaired) electrons. The summed E-state index contributed by atoms with van der Waals surface area (Å²) in [5, 5.41) is 6.95. The lowest BCUT2D eigenvalue weighted by Gasteiger charge is -2.50. The first-order chi connectivity index (χ1) is 11.8. The average molecular weight is 369 g/mol. The van der Waals surface area contributed by atoms with Crippen molar-refractivity contribution in [1.82, 2.24) is 14.8 Å². The Labute approximate surface area is 149 Å². The Kier molecular flexibility index (Phi) is 4.94. The third kappa shape index (κ3) is 3.10. The van der Waals surface area contributed by atoms with E-state index < -0.39 is 15.4 Å². The Morgan fingerprint density at radius 3 is 2.76 bits per heavy atom.